The molecule has 0 saturated heterocycles. The van der Waals surface area contributed by atoms with Gasteiger partial charge in [-0.3, -0.25) is 4.72 Å². The molecule has 10 heteroatoms. The van der Waals surface area contributed by atoms with Crippen molar-refractivity contribution in [1.82, 2.24) is 0 Å². The molecule has 2 aromatic carbocycles. The van der Waals surface area contributed by atoms with Gasteiger partial charge in [0.25, 0.3) is 10.0 Å². The average Bonchev–Trinajstić information content (AvgIpc) is 2.53. The summed E-state index contributed by atoms with van der Waals surface area (Å²) in [5, 5.41) is 7.81. The molecule has 2 rings (SSSR count). The molecule has 2 aromatic rings. The number of hydrogen-bond donors (Lipinski definition) is 1. The Kier molecular flexibility index (Phi) is 5.45. The lowest BCUT2D eigenvalue weighted by Gasteiger charge is -2.13. The van der Waals surface area contributed by atoms with E-state index in [-0.39, 0.29) is 12.3 Å². The highest BCUT2D eigenvalue weighted by Crippen LogP contribution is 2.36. The molecule has 0 bridgehead atoms. The summed E-state index contributed by atoms with van der Waals surface area (Å²) >= 11 is 5.48. The molecule has 0 aliphatic carbocycles. The summed E-state index contributed by atoms with van der Waals surface area (Å²) in [5.41, 5.74) is -1.12. The average molecular weight is 391 g/mol. The molecule has 0 heterocycles. The van der Waals surface area contributed by atoms with E-state index in [0.29, 0.717) is 11.8 Å². The molecular formula is C15H10ClF3N2O3S. The lowest BCUT2D eigenvalue weighted by Crippen LogP contribution is -2.15. The number of nitrogens with one attached hydrogen (secondary N) is 1. The largest absolute Gasteiger partial charge is 0.479 e. The molecule has 25 heavy (non-hydrogen) atoms. The van der Waals surface area contributed by atoms with Crippen LogP contribution in [0.4, 0.5) is 18.9 Å². The van der Waals surface area contributed by atoms with Crippen molar-refractivity contribution < 1.29 is 26.3 Å². The number of alkyl halides is 3. The standard InChI is InChI=1S/C15H10ClF3N2O3S/c16-14-6-5-12(9-13(14)15(17,18)19)25(22,23)21-10-1-3-11(4-2-10)24-8-7-20/h1-6,9,21H,8H2. The molecule has 5 nitrogen and oxygen atoms in total. The van der Waals surface area contributed by atoms with Crippen LogP contribution in [0.1, 0.15) is 5.56 Å². The van der Waals surface area contributed by atoms with Crippen molar-refractivity contribution >= 4 is 27.3 Å². The van der Waals surface area contributed by atoms with Crippen molar-refractivity contribution in [3.05, 3.63) is 53.1 Å². The third-order valence-corrected chi connectivity index (χ3v) is 4.67. The van der Waals surface area contributed by atoms with E-state index in [1.54, 1.807) is 6.07 Å². The molecule has 0 saturated carbocycles. The first-order valence-corrected chi connectivity index (χ1v) is 8.49. The van der Waals surface area contributed by atoms with Gasteiger partial charge in [-0.05, 0) is 42.5 Å². The Morgan fingerprint density at radius 3 is 2.36 bits per heavy atom. The minimum absolute atomic E-state index is 0.118. The van der Waals surface area contributed by atoms with Crippen molar-refractivity contribution in [2.45, 2.75) is 11.1 Å². The van der Waals surface area contributed by atoms with Crippen LogP contribution >= 0.6 is 11.6 Å². The number of ether oxygens (including phenoxy) is 1. The number of nitrogens with zero attached hydrogens (tertiary/aromatic N) is 1. The van der Waals surface area contributed by atoms with Crippen molar-refractivity contribution in [2.24, 2.45) is 0 Å². The van der Waals surface area contributed by atoms with Gasteiger partial charge in [0.15, 0.2) is 6.61 Å². The fourth-order valence-corrected chi connectivity index (χ4v) is 3.15. The van der Waals surface area contributed by atoms with Gasteiger partial charge >= 0.3 is 6.18 Å². The van der Waals surface area contributed by atoms with E-state index >= 15 is 0 Å². The van der Waals surface area contributed by atoms with Gasteiger partial charge in [0, 0.05) is 5.69 Å². The first-order chi connectivity index (χ1) is 11.6. The van der Waals surface area contributed by atoms with Crippen LogP contribution in [0, 0.1) is 11.3 Å². The minimum atomic E-state index is -4.78. The van der Waals surface area contributed by atoms with Crippen molar-refractivity contribution in [3.8, 4) is 11.8 Å². The highest BCUT2D eigenvalue weighted by molar-refractivity contribution is 7.92. The van der Waals surface area contributed by atoms with Crippen molar-refractivity contribution in [1.29, 1.82) is 5.26 Å². The molecule has 0 aliphatic heterocycles. The third kappa shape index (κ3) is 4.78. The van der Waals surface area contributed by atoms with Gasteiger partial charge in [0.05, 0.1) is 15.5 Å². The number of benzene rings is 2. The zero-order chi connectivity index (χ0) is 18.7. The fraction of sp³-hybridized carbons (Fsp3) is 0.133. The van der Waals surface area contributed by atoms with Crippen LogP contribution in [0.2, 0.25) is 5.02 Å². The zero-order valence-corrected chi connectivity index (χ0v) is 13.9. The Morgan fingerprint density at radius 1 is 1.16 bits per heavy atom. The van der Waals surface area contributed by atoms with Crippen LogP contribution in [-0.2, 0) is 16.2 Å². The number of sulfonamides is 1. The van der Waals surface area contributed by atoms with Crippen molar-refractivity contribution in [2.75, 3.05) is 11.3 Å². The highest BCUT2D eigenvalue weighted by atomic mass is 35.5. The Morgan fingerprint density at radius 2 is 1.80 bits per heavy atom. The molecule has 0 spiro atoms. The maximum absolute atomic E-state index is 12.9. The quantitative estimate of drug-likeness (QED) is 0.834. The maximum atomic E-state index is 12.9. The number of halogens is 4. The van der Waals surface area contributed by atoms with Crippen LogP contribution in [-0.4, -0.2) is 15.0 Å². The van der Waals surface area contributed by atoms with E-state index in [9.17, 15) is 21.6 Å². The number of rotatable bonds is 5. The van der Waals surface area contributed by atoms with Crippen LogP contribution in [0.5, 0.6) is 5.75 Å². The van der Waals surface area contributed by atoms with Gasteiger partial charge in [0.2, 0.25) is 0 Å². The van der Waals surface area contributed by atoms with Gasteiger partial charge in [0.1, 0.15) is 11.8 Å². The maximum Gasteiger partial charge on any atom is 0.417 e. The second kappa shape index (κ2) is 7.21. The number of hydrogen-bond acceptors (Lipinski definition) is 4. The molecule has 0 unspecified atom stereocenters. The van der Waals surface area contributed by atoms with Crippen LogP contribution in [0.25, 0.3) is 0 Å². The first-order valence-electron chi connectivity index (χ1n) is 6.63. The predicted octanol–water partition coefficient (Wildman–Crippen LogP) is 4.06. The molecule has 132 valence electrons. The molecule has 0 aliphatic rings. The van der Waals surface area contributed by atoms with E-state index in [1.165, 1.54) is 24.3 Å². The van der Waals surface area contributed by atoms with E-state index in [0.717, 1.165) is 12.1 Å². The monoisotopic (exact) mass is 390 g/mol. The zero-order valence-electron chi connectivity index (χ0n) is 12.3. The van der Waals surface area contributed by atoms with E-state index in [4.69, 9.17) is 21.6 Å². The Balaban J connectivity index is 2.26. The third-order valence-electron chi connectivity index (χ3n) is 2.96. The van der Waals surface area contributed by atoms with Gasteiger partial charge in [-0.2, -0.15) is 18.4 Å². The normalized spacial score (nSPS) is 11.6. The first kappa shape index (κ1) is 18.9. The summed E-state index contributed by atoms with van der Waals surface area (Å²) < 4.78 is 70.2. The van der Waals surface area contributed by atoms with Crippen molar-refractivity contribution in [3.63, 3.8) is 0 Å². The van der Waals surface area contributed by atoms with Gasteiger partial charge in [-0.25, -0.2) is 8.42 Å². The fourth-order valence-electron chi connectivity index (χ4n) is 1.84. The Bertz CT molecular complexity index is 907. The second-order valence-electron chi connectivity index (χ2n) is 4.72. The smallest absolute Gasteiger partial charge is 0.417 e. The van der Waals surface area contributed by atoms with Crippen LogP contribution in [0.3, 0.4) is 0 Å². The lowest BCUT2D eigenvalue weighted by molar-refractivity contribution is -0.137. The molecule has 0 aromatic heterocycles. The molecular weight excluding hydrogens is 381 g/mol. The molecule has 0 atom stereocenters. The minimum Gasteiger partial charge on any atom is -0.479 e. The topological polar surface area (TPSA) is 79.2 Å². The summed E-state index contributed by atoms with van der Waals surface area (Å²) in [4.78, 5) is -0.575. The summed E-state index contributed by atoms with van der Waals surface area (Å²) in [6, 6.07) is 9.63. The van der Waals surface area contributed by atoms with Gasteiger partial charge < -0.3 is 4.74 Å². The summed E-state index contributed by atoms with van der Waals surface area (Å²) in [6.45, 7) is -0.171. The molecule has 0 amide bonds. The number of anilines is 1. The highest BCUT2D eigenvalue weighted by Gasteiger charge is 2.34. The SMILES string of the molecule is N#CCOc1ccc(NS(=O)(=O)c2ccc(Cl)c(C(F)(F)F)c2)cc1. The van der Waals surface area contributed by atoms with E-state index in [1.807, 2.05) is 0 Å². The Hall–Kier alpha value is -2.44. The predicted molar refractivity (Wildman–Crippen MR) is 84.8 cm³/mol. The second-order valence-corrected chi connectivity index (χ2v) is 6.81. The van der Waals surface area contributed by atoms with E-state index in [2.05, 4.69) is 4.72 Å². The summed E-state index contributed by atoms with van der Waals surface area (Å²) in [7, 11) is -4.24. The van der Waals surface area contributed by atoms with Gasteiger partial charge in [-0.1, -0.05) is 11.6 Å². The van der Waals surface area contributed by atoms with Crippen LogP contribution in [0.15, 0.2) is 47.4 Å². The summed E-state index contributed by atoms with van der Waals surface area (Å²) in [5.74, 6) is 0.343. The Labute approximate surface area is 146 Å². The van der Waals surface area contributed by atoms with E-state index < -0.39 is 31.7 Å². The number of nitriles is 1. The lowest BCUT2D eigenvalue weighted by atomic mass is 10.2. The summed E-state index contributed by atoms with van der Waals surface area (Å²) in [6.07, 6.45) is -4.78. The molecule has 0 radical (unpaired) electrons. The van der Waals surface area contributed by atoms with Gasteiger partial charge in [-0.15, -0.1) is 0 Å². The molecule has 1 N–H and O–H groups in total. The molecule has 0 fully saturated rings. The van der Waals surface area contributed by atoms with Crippen LogP contribution < -0.4 is 9.46 Å².